The van der Waals surface area contributed by atoms with Gasteiger partial charge in [0.15, 0.2) is 0 Å². The van der Waals surface area contributed by atoms with Crippen molar-refractivity contribution in [3.8, 4) is 11.5 Å². The second kappa shape index (κ2) is 11.4. The Hall–Kier alpha value is -4.34. The molecule has 2 amide bonds. The highest BCUT2D eigenvalue weighted by Crippen LogP contribution is 2.34. The molecule has 2 heterocycles. The van der Waals surface area contributed by atoms with E-state index in [1.807, 2.05) is 36.4 Å². The molecular weight excluding hydrogens is 486 g/mol. The monoisotopic (exact) mass is 515 g/mol. The molecule has 3 N–H and O–H groups in total. The summed E-state index contributed by atoms with van der Waals surface area (Å²) in [7, 11) is 1.53. The first-order valence-electron chi connectivity index (χ1n) is 12.3. The number of anilines is 1. The largest absolute Gasteiger partial charge is 0.497 e. The number of ether oxygens (including phenoxy) is 3. The molecule has 5 rings (SSSR count). The predicted octanol–water partition coefficient (Wildman–Crippen LogP) is 4.20. The fourth-order valence-corrected chi connectivity index (χ4v) is 4.41. The number of carbonyl (C=O) groups excluding carboxylic acids is 2. The molecule has 1 aliphatic heterocycles. The molecule has 38 heavy (non-hydrogen) atoms. The fraction of sp³-hybridized carbons (Fsp3) is 0.241. The zero-order valence-corrected chi connectivity index (χ0v) is 21.1. The van der Waals surface area contributed by atoms with E-state index < -0.39 is 11.8 Å². The summed E-state index contributed by atoms with van der Waals surface area (Å²) in [5.41, 5.74) is 8.49. The minimum absolute atomic E-state index is 0.127. The average Bonchev–Trinajstić information content (AvgIpc) is 3.31. The number of nitrogens with one attached hydrogen (secondary N) is 1. The van der Waals surface area contributed by atoms with Gasteiger partial charge in [0.1, 0.15) is 29.4 Å². The van der Waals surface area contributed by atoms with E-state index in [-0.39, 0.29) is 11.4 Å². The predicted molar refractivity (Wildman–Crippen MR) is 143 cm³/mol. The number of benzene rings is 3. The number of methoxy groups -OCH3 is 1. The van der Waals surface area contributed by atoms with Gasteiger partial charge in [0, 0.05) is 42.2 Å². The van der Waals surface area contributed by atoms with Crippen molar-refractivity contribution in [3.05, 3.63) is 89.2 Å². The van der Waals surface area contributed by atoms with Gasteiger partial charge < -0.3 is 29.7 Å². The van der Waals surface area contributed by atoms with Crippen molar-refractivity contribution >= 4 is 28.5 Å². The van der Waals surface area contributed by atoms with Gasteiger partial charge in [-0.25, -0.2) is 0 Å². The molecule has 9 nitrogen and oxygen atoms in total. The van der Waals surface area contributed by atoms with Crippen LogP contribution < -0.4 is 20.5 Å². The highest BCUT2D eigenvalue weighted by Gasteiger charge is 2.22. The maximum atomic E-state index is 13.4. The van der Waals surface area contributed by atoms with Gasteiger partial charge in [0.2, 0.25) is 5.76 Å². The third-order valence-electron chi connectivity index (χ3n) is 6.42. The van der Waals surface area contributed by atoms with E-state index in [0.717, 1.165) is 24.2 Å². The lowest BCUT2D eigenvalue weighted by Gasteiger charge is -2.27. The van der Waals surface area contributed by atoms with Crippen LogP contribution in [0, 0.1) is 0 Å². The second-order valence-corrected chi connectivity index (χ2v) is 8.97. The van der Waals surface area contributed by atoms with Crippen molar-refractivity contribution in [2.24, 2.45) is 5.73 Å². The summed E-state index contributed by atoms with van der Waals surface area (Å²) < 4.78 is 22.5. The first-order valence-corrected chi connectivity index (χ1v) is 12.3. The van der Waals surface area contributed by atoms with E-state index in [4.69, 9.17) is 24.4 Å². The molecule has 4 aromatic rings. The van der Waals surface area contributed by atoms with Crippen LogP contribution in [0.2, 0.25) is 0 Å². The van der Waals surface area contributed by atoms with Crippen LogP contribution >= 0.6 is 0 Å². The van der Waals surface area contributed by atoms with Crippen LogP contribution in [0.5, 0.6) is 11.5 Å². The Morgan fingerprint density at radius 1 is 1.03 bits per heavy atom. The Morgan fingerprint density at radius 3 is 2.55 bits per heavy atom. The lowest BCUT2D eigenvalue weighted by atomic mass is 10.1. The Bertz CT molecular complexity index is 1440. The minimum Gasteiger partial charge on any atom is -0.497 e. The number of hydrogen-bond donors (Lipinski definition) is 2. The van der Waals surface area contributed by atoms with Crippen LogP contribution in [0.25, 0.3) is 11.0 Å². The van der Waals surface area contributed by atoms with Crippen molar-refractivity contribution < 1.29 is 28.2 Å². The van der Waals surface area contributed by atoms with Gasteiger partial charge in [-0.3, -0.25) is 14.5 Å². The first kappa shape index (κ1) is 25.3. The molecule has 196 valence electrons. The number of morpholine rings is 1. The topological polar surface area (TPSA) is 116 Å². The quantitative estimate of drug-likeness (QED) is 0.343. The number of nitrogens with zero attached hydrogens (tertiary/aromatic N) is 1. The van der Waals surface area contributed by atoms with Crippen LogP contribution in [0.15, 0.2) is 71.1 Å². The van der Waals surface area contributed by atoms with E-state index in [9.17, 15) is 9.59 Å². The third-order valence-corrected chi connectivity index (χ3v) is 6.42. The van der Waals surface area contributed by atoms with Crippen molar-refractivity contribution in [2.45, 2.75) is 13.2 Å². The Balaban J connectivity index is 1.43. The summed E-state index contributed by atoms with van der Waals surface area (Å²) in [6.45, 7) is 3.93. The Morgan fingerprint density at radius 2 is 1.82 bits per heavy atom. The summed E-state index contributed by atoms with van der Waals surface area (Å²) in [6.07, 6.45) is 0. The number of furan rings is 1. The van der Waals surface area contributed by atoms with Gasteiger partial charge in [-0.1, -0.05) is 30.3 Å². The van der Waals surface area contributed by atoms with E-state index in [2.05, 4.69) is 10.2 Å². The molecule has 0 spiro atoms. The molecule has 0 bridgehead atoms. The smallest absolute Gasteiger partial charge is 0.286 e. The summed E-state index contributed by atoms with van der Waals surface area (Å²) in [5, 5.41) is 3.37. The maximum absolute atomic E-state index is 13.4. The van der Waals surface area contributed by atoms with Crippen LogP contribution in [0.3, 0.4) is 0 Å². The van der Waals surface area contributed by atoms with Crippen LogP contribution in [-0.4, -0.2) is 50.1 Å². The SMILES string of the molecule is COc1ccc2c(NC(=O)c3ccc(OCc4ccccc4)c(CN4CCOCC4)c3)c(C(N)=O)oc2c1. The number of fused-ring (bicyclic) bond motifs is 1. The third kappa shape index (κ3) is 5.64. The summed E-state index contributed by atoms with van der Waals surface area (Å²) in [5.74, 6) is -0.0514. The average molecular weight is 516 g/mol. The Labute approximate surface area is 220 Å². The molecule has 0 atom stereocenters. The first-order chi connectivity index (χ1) is 18.5. The summed E-state index contributed by atoms with van der Waals surface area (Å²) in [4.78, 5) is 27.7. The standard InChI is InChI=1S/C29H29N3O6/c1-35-22-8-9-23-25(16-22)38-27(28(30)33)26(23)31-29(34)20-7-10-24(37-18-19-5-3-2-4-6-19)21(15-20)17-32-11-13-36-14-12-32/h2-10,15-16H,11-14,17-18H2,1H3,(H2,30,33)(H,31,34). The molecule has 0 aliphatic carbocycles. The van der Waals surface area contributed by atoms with Crippen LogP contribution in [0.4, 0.5) is 5.69 Å². The number of carbonyl (C=O) groups is 2. The molecular formula is C29H29N3O6. The summed E-state index contributed by atoms with van der Waals surface area (Å²) in [6, 6.07) is 20.3. The van der Waals surface area contributed by atoms with Gasteiger partial charge in [0.25, 0.3) is 11.8 Å². The van der Waals surface area contributed by atoms with Gasteiger partial charge in [-0.05, 0) is 35.9 Å². The van der Waals surface area contributed by atoms with Crippen molar-refractivity contribution in [2.75, 3.05) is 38.7 Å². The molecule has 0 saturated carbocycles. The highest BCUT2D eigenvalue weighted by atomic mass is 16.5. The van der Waals surface area contributed by atoms with Crippen molar-refractivity contribution in [1.82, 2.24) is 4.90 Å². The van der Waals surface area contributed by atoms with Gasteiger partial charge in [-0.2, -0.15) is 0 Å². The van der Waals surface area contributed by atoms with E-state index in [1.165, 1.54) is 7.11 Å². The van der Waals surface area contributed by atoms with Gasteiger partial charge in [0.05, 0.1) is 20.3 Å². The van der Waals surface area contributed by atoms with Gasteiger partial charge >= 0.3 is 0 Å². The molecule has 3 aromatic carbocycles. The van der Waals surface area contributed by atoms with Crippen molar-refractivity contribution in [3.63, 3.8) is 0 Å². The normalized spacial score (nSPS) is 13.8. The molecule has 0 radical (unpaired) electrons. The summed E-state index contributed by atoms with van der Waals surface area (Å²) >= 11 is 0. The highest BCUT2D eigenvalue weighted by molar-refractivity contribution is 6.14. The van der Waals surface area contributed by atoms with E-state index >= 15 is 0 Å². The minimum atomic E-state index is -0.784. The van der Waals surface area contributed by atoms with Gasteiger partial charge in [-0.15, -0.1) is 0 Å². The molecule has 9 heteroatoms. The van der Waals surface area contributed by atoms with E-state index in [1.54, 1.807) is 30.3 Å². The number of primary amides is 1. The molecule has 1 fully saturated rings. The van der Waals surface area contributed by atoms with Crippen LogP contribution in [0.1, 0.15) is 32.0 Å². The number of amides is 2. The molecule has 1 aromatic heterocycles. The number of nitrogens with two attached hydrogens (primary N) is 1. The lowest BCUT2D eigenvalue weighted by Crippen LogP contribution is -2.35. The lowest BCUT2D eigenvalue weighted by molar-refractivity contribution is 0.0337. The van der Waals surface area contributed by atoms with Crippen LogP contribution in [-0.2, 0) is 17.9 Å². The Kier molecular flexibility index (Phi) is 7.57. The zero-order valence-electron chi connectivity index (χ0n) is 21.1. The number of rotatable bonds is 9. The zero-order chi connectivity index (χ0) is 26.5. The molecule has 1 saturated heterocycles. The maximum Gasteiger partial charge on any atom is 0.286 e. The fourth-order valence-electron chi connectivity index (χ4n) is 4.41. The molecule has 0 unspecified atom stereocenters. The number of hydrogen-bond acceptors (Lipinski definition) is 7. The van der Waals surface area contributed by atoms with E-state index in [0.29, 0.717) is 54.4 Å². The van der Waals surface area contributed by atoms with Crippen molar-refractivity contribution in [1.29, 1.82) is 0 Å². The molecule has 1 aliphatic rings. The second-order valence-electron chi connectivity index (χ2n) is 8.97.